The fraction of sp³-hybridized carbons (Fsp3) is 0.235. The van der Waals surface area contributed by atoms with Crippen molar-refractivity contribution < 1.29 is 32.5 Å². The van der Waals surface area contributed by atoms with E-state index in [1.165, 1.54) is 18.2 Å². The van der Waals surface area contributed by atoms with Gasteiger partial charge in [-0.05, 0) is 53.1 Å². The van der Waals surface area contributed by atoms with E-state index >= 15 is 0 Å². The van der Waals surface area contributed by atoms with Crippen LogP contribution >= 0.6 is 15.9 Å². The molecule has 2 N–H and O–H groups in total. The zero-order chi connectivity index (χ0) is 33.4. The number of amides is 1. The van der Waals surface area contributed by atoms with Crippen molar-refractivity contribution in [2.24, 2.45) is 10.1 Å². The summed E-state index contributed by atoms with van der Waals surface area (Å²) in [7, 11) is 0. The molecule has 4 aromatic carbocycles. The minimum absolute atomic E-state index is 0.00604. The molecule has 0 unspecified atom stereocenters. The molecule has 1 amide bonds. The number of benzene rings is 4. The van der Waals surface area contributed by atoms with Gasteiger partial charge in [-0.2, -0.15) is 13.2 Å². The fourth-order valence-electron chi connectivity index (χ4n) is 5.32. The van der Waals surface area contributed by atoms with Crippen LogP contribution in [0, 0.1) is 0 Å². The predicted molar refractivity (Wildman–Crippen MR) is 173 cm³/mol. The van der Waals surface area contributed by atoms with Gasteiger partial charge in [0.25, 0.3) is 5.91 Å². The van der Waals surface area contributed by atoms with E-state index in [1.54, 1.807) is 72.8 Å². The van der Waals surface area contributed by atoms with Gasteiger partial charge in [-0.15, -0.1) is 0 Å². The smallest absolute Gasteiger partial charge is 0.416 e. The third-order valence-electron chi connectivity index (χ3n) is 7.58. The Morgan fingerprint density at radius 2 is 1.70 bits per heavy atom. The number of alkyl halides is 3. The standard InChI is InChI=1S/C34H29BrF3N5O4/c35-28-12-5-3-10-26(28)30-33(20-23-8-2-6-13-29(23)42-43-39,32(45)40-21-24-9-1-4-11-27(24)34(36,37)38)41-31(47-30)22-14-16-25(17-15-22)46-19-7-18-44/h1-6,8-17,30,44H,7,18-21H2,(H,40,45)/t30-,33-/m1/s1. The zero-order valence-electron chi connectivity index (χ0n) is 24.8. The molecule has 47 heavy (non-hydrogen) atoms. The van der Waals surface area contributed by atoms with Gasteiger partial charge in [-0.3, -0.25) is 4.79 Å². The molecule has 0 radical (unpaired) electrons. The second-order valence-electron chi connectivity index (χ2n) is 10.6. The van der Waals surface area contributed by atoms with Crippen LogP contribution in [0.4, 0.5) is 18.9 Å². The molecule has 0 saturated heterocycles. The van der Waals surface area contributed by atoms with Gasteiger partial charge in [0.05, 0.1) is 12.2 Å². The molecule has 2 atom stereocenters. The molecule has 1 aliphatic heterocycles. The summed E-state index contributed by atoms with van der Waals surface area (Å²) in [5, 5.41) is 15.6. The lowest BCUT2D eigenvalue weighted by atomic mass is 9.81. The first kappa shape index (κ1) is 33.5. The average molecular weight is 709 g/mol. The van der Waals surface area contributed by atoms with Gasteiger partial charge in [-0.1, -0.05) is 81.7 Å². The van der Waals surface area contributed by atoms with Crippen molar-refractivity contribution in [1.82, 2.24) is 5.32 Å². The second-order valence-corrected chi connectivity index (χ2v) is 11.5. The molecule has 0 aliphatic carbocycles. The predicted octanol–water partition coefficient (Wildman–Crippen LogP) is 7.99. The SMILES string of the molecule is [N-]=[N+]=Nc1ccccc1C[C@@]1(C(=O)NCc2ccccc2C(F)(F)F)N=C(c2ccc(OCCCO)cc2)O[C@@H]1c1ccccc1Br. The number of hydrogen-bond donors (Lipinski definition) is 2. The van der Waals surface area contributed by atoms with E-state index in [9.17, 15) is 23.5 Å². The van der Waals surface area contributed by atoms with Crippen molar-refractivity contribution in [3.05, 3.63) is 140 Å². The Morgan fingerprint density at radius 1 is 1.02 bits per heavy atom. The lowest BCUT2D eigenvalue weighted by Gasteiger charge is -2.32. The van der Waals surface area contributed by atoms with Crippen LogP contribution in [0.5, 0.6) is 5.75 Å². The molecular formula is C34H29BrF3N5O4. The zero-order valence-corrected chi connectivity index (χ0v) is 26.4. The summed E-state index contributed by atoms with van der Waals surface area (Å²) < 4.78 is 54.2. The Morgan fingerprint density at radius 3 is 2.40 bits per heavy atom. The number of ether oxygens (including phenoxy) is 2. The van der Waals surface area contributed by atoms with Crippen LogP contribution in [0.2, 0.25) is 0 Å². The van der Waals surface area contributed by atoms with Crippen molar-refractivity contribution >= 4 is 33.4 Å². The number of aliphatic imine (C=N–C) groups is 1. The summed E-state index contributed by atoms with van der Waals surface area (Å²) in [6.45, 7) is -0.113. The maximum atomic E-state index is 14.5. The van der Waals surface area contributed by atoms with Gasteiger partial charge in [-0.25, -0.2) is 4.99 Å². The first-order valence-electron chi connectivity index (χ1n) is 14.6. The molecule has 13 heteroatoms. The van der Waals surface area contributed by atoms with E-state index in [4.69, 9.17) is 19.6 Å². The van der Waals surface area contributed by atoms with Crippen LogP contribution in [0.25, 0.3) is 10.4 Å². The summed E-state index contributed by atoms with van der Waals surface area (Å²) >= 11 is 3.57. The Hall–Kier alpha value is -4.84. The Bertz CT molecular complexity index is 1810. The highest BCUT2D eigenvalue weighted by Gasteiger charge is 2.54. The summed E-state index contributed by atoms with van der Waals surface area (Å²) in [5.41, 5.74) is 8.34. The van der Waals surface area contributed by atoms with Gasteiger partial charge in [0.1, 0.15) is 5.75 Å². The van der Waals surface area contributed by atoms with Gasteiger partial charge < -0.3 is 19.9 Å². The van der Waals surface area contributed by atoms with Crippen LogP contribution in [-0.2, 0) is 28.7 Å². The van der Waals surface area contributed by atoms with Gasteiger partial charge in [0.2, 0.25) is 5.90 Å². The Labute approximate surface area is 276 Å². The van der Waals surface area contributed by atoms with Crippen molar-refractivity contribution in [2.45, 2.75) is 37.2 Å². The van der Waals surface area contributed by atoms with Crippen molar-refractivity contribution in [1.29, 1.82) is 0 Å². The highest BCUT2D eigenvalue weighted by atomic mass is 79.9. The molecule has 242 valence electrons. The van der Waals surface area contributed by atoms with E-state index in [-0.39, 0.29) is 30.2 Å². The molecule has 1 aliphatic rings. The lowest BCUT2D eigenvalue weighted by Crippen LogP contribution is -2.50. The number of nitrogens with one attached hydrogen (secondary N) is 1. The van der Waals surface area contributed by atoms with E-state index in [2.05, 4.69) is 31.3 Å². The summed E-state index contributed by atoms with van der Waals surface area (Å²) in [5.74, 6) is -0.0107. The Kier molecular flexibility index (Phi) is 10.5. The molecule has 1 heterocycles. The minimum atomic E-state index is -4.62. The quantitative estimate of drug-likeness (QED) is 0.0669. The third-order valence-corrected chi connectivity index (χ3v) is 8.31. The molecule has 0 spiro atoms. The summed E-state index contributed by atoms with van der Waals surface area (Å²) in [6.07, 6.45) is -5.33. The van der Waals surface area contributed by atoms with Gasteiger partial charge >= 0.3 is 6.18 Å². The van der Waals surface area contributed by atoms with E-state index in [0.717, 1.165) is 6.07 Å². The average Bonchev–Trinajstić information content (AvgIpc) is 3.45. The number of aliphatic hydroxyl groups is 1. The number of nitrogens with zero attached hydrogens (tertiary/aromatic N) is 4. The van der Waals surface area contributed by atoms with E-state index < -0.39 is 35.8 Å². The first-order valence-corrected chi connectivity index (χ1v) is 15.4. The maximum Gasteiger partial charge on any atom is 0.416 e. The Balaban J connectivity index is 1.62. The van der Waals surface area contributed by atoms with Crippen LogP contribution in [0.3, 0.4) is 0 Å². The minimum Gasteiger partial charge on any atom is -0.494 e. The molecule has 0 saturated carbocycles. The molecule has 0 bridgehead atoms. The van der Waals surface area contributed by atoms with Crippen LogP contribution in [0.15, 0.2) is 112 Å². The molecule has 0 aromatic heterocycles. The normalized spacial score (nSPS) is 17.3. The number of halogens is 4. The maximum absolute atomic E-state index is 14.5. The molecular weight excluding hydrogens is 679 g/mol. The summed E-state index contributed by atoms with van der Waals surface area (Å²) in [4.78, 5) is 22.3. The van der Waals surface area contributed by atoms with Crippen LogP contribution in [-0.4, -0.2) is 35.7 Å². The monoisotopic (exact) mass is 707 g/mol. The molecule has 4 aromatic rings. The van der Waals surface area contributed by atoms with Crippen LogP contribution < -0.4 is 10.1 Å². The first-order chi connectivity index (χ1) is 22.7. The number of aliphatic hydroxyl groups excluding tert-OH is 1. The fourth-order valence-corrected chi connectivity index (χ4v) is 5.82. The highest BCUT2D eigenvalue weighted by Crippen LogP contribution is 2.45. The topological polar surface area (TPSA) is 129 Å². The second kappa shape index (κ2) is 14.7. The van der Waals surface area contributed by atoms with E-state index in [0.29, 0.717) is 39.9 Å². The van der Waals surface area contributed by atoms with Crippen molar-refractivity contribution in [3.63, 3.8) is 0 Å². The van der Waals surface area contributed by atoms with Gasteiger partial charge in [0.15, 0.2) is 11.6 Å². The van der Waals surface area contributed by atoms with Crippen molar-refractivity contribution in [3.8, 4) is 5.75 Å². The van der Waals surface area contributed by atoms with Crippen molar-refractivity contribution in [2.75, 3.05) is 13.2 Å². The number of carbonyl (C=O) groups excluding carboxylic acids is 1. The number of carbonyl (C=O) groups is 1. The summed E-state index contributed by atoms with van der Waals surface area (Å²) in [6, 6.07) is 25.7. The number of hydrogen-bond acceptors (Lipinski definition) is 6. The lowest BCUT2D eigenvalue weighted by molar-refractivity contribution is -0.138. The van der Waals surface area contributed by atoms with E-state index in [1.807, 2.05) is 0 Å². The highest BCUT2D eigenvalue weighted by molar-refractivity contribution is 9.10. The third kappa shape index (κ3) is 7.60. The van der Waals surface area contributed by atoms with Gasteiger partial charge in [0, 0.05) is 52.2 Å². The largest absolute Gasteiger partial charge is 0.494 e. The molecule has 9 nitrogen and oxygen atoms in total. The number of azide groups is 1. The number of rotatable bonds is 12. The van der Waals surface area contributed by atoms with Crippen LogP contribution in [0.1, 0.15) is 40.3 Å². The molecule has 5 rings (SSSR count). The molecule has 0 fully saturated rings.